The normalized spacial score (nSPS) is 14.6. The lowest BCUT2D eigenvalue weighted by molar-refractivity contribution is 0.484. The molecule has 2 N–H and O–H groups in total. The van der Waals surface area contributed by atoms with E-state index in [4.69, 9.17) is 21.3 Å². The highest BCUT2D eigenvalue weighted by molar-refractivity contribution is 7.98. The van der Waals surface area contributed by atoms with E-state index in [9.17, 15) is 0 Å². The van der Waals surface area contributed by atoms with Crippen LogP contribution < -0.4 is 14.8 Å². The molecular weight excluding hydrogens is 414 g/mol. The standard InChI is InChI=1S/C24H24ClN3OS/c1-24(2,3)17-13-11-16(12-14-17)15-26-23-27-22-20(9-6-10-21(22)30-28-23)29-19-8-5-4-7-18(19)25/h4-14H,15H2,1-3H3,(H2,26,27,28). The Balaban J connectivity index is 1.51. The zero-order chi connectivity index (χ0) is 21.1. The third kappa shape index (κ3) is 4.74. The van der Waals surface area contributed by atoms with E-state index in [1.807, 2.05) is 42.5 Å². The van der Waals surface area contributed by atoms with E-state index in [1.54, 1.807) is 0 Å². The third-order valence-electron chi connectivity index (χ3n) is 4.79. The first-order valence-electron chi connectivity index (χ1n) is 9.79. The monoisotopic (exact) mass is 437 g/mol. The molecule has 0 saturated heterocycles. The van der Waals surface area contributed by atoms with Crippen molar-refractivity contribution in [3.05, 3.63) is 82.9 Å². The van der Waals surface area contributed by atoms with Crippen LogP contribution in [0.5, 0.6) is 11.5 Å². The minimum Gasteiger partial charge on any atom is -0.454 e. The van der Waals surface area contributed by atoms with Crippen molar-refractivity contribution < 1.29 is 4.74 Å². The molecule has 0 fully saturated rings. The van der Waals surface area contributed by atoms with Gasteiger partial charge in [-0.3, -0.25) is 4.72 Å². The van der Waals surface area contributed by atoms with Gasteiger partial charge in [-0.2, -0.15) is 0 Å². The Hall–Kier alpha value is -2.63. The van der Waals surface area contributed by atoms with Crippen LogP contribution in [0, 0.1) is 0 Å². The van der Waals surface area contributed by atoms with Gasteiger partial charge in [-0.05, 0) is 52.8 Å². The Morgan fingerprint density at radius 2 is 1.67 bits per heavy atom. The van der Waals surface area contributed by atoms with Crippen molar-refractivity contribution in [3.63, 3.8) is 0 Å². The number of nitrogens with zero attached hydrogens (tertiary/aromatic N) is 1. The van der Waals surface area contributed by atoms with E-state index in [2.05, 4.69) is 55.1 Å². The SMILES string of the molecule is CC(C)(C)c1ccc(CN=C2NSc3cccc(Oc4ccccc4Cl)c3N2)cc1. The van der Waals surface area contributed by atoms with Gasteiger partial charge < -0.3 is 10.1 Å². The number of benzene rings is 3. The molecule has 0 unspecified atom stereocenters. The fraction of sp³-hybridized carbons (Fsp3) is 0.208. The van der Waals surface area contributed by atoms with Crippen LogP contribution in [0.3, 0.4) is 0 Å². The fourth-order valence-corrected chi connectivity index (χ4v) is 3.95. The highest BCUT2D eigenvalue weighted by Gasteiger charge is 2.19. The van der Waals surface area contributed by atoms with Gasteiger partial charge in [0.1, 0.15) is 5.75 Å². The minimum absolute atomic E-state index is 0.148. The quantitative estimate of drug-likeness (QED) is 0.431. The molecular formula is C24H24ClN3OS. The topological polar surface area (TPSA) is 45.7 Å². The van der Waals surface area contributed by atoms with Gasteiger partial charge in [-0.15, -0.1) is 0 Å². The molecule has 0 amide bonds. The van der Waals surface area contributed by atoms with Crippen LogP contribution >= 0.6 is 23.5 Å². The smallest absolute Gasteiger partial charge is 0.206 e. The highest BCUT2D eigenvalue weighted by atomic mass is 35.5. The molecule has 3 aromatic carbocycles. The summed E-state index contributed by atoms with van der Waals surface area (Å²) < 4.78 is 9.33. The maximum atomic E-state index is 6.26. The Kier molecular flexibility index (Phi) is 5.93. The van der Waals surface area contributed by atoms with Crippen LogP contribution in [0.1, 0.15) is 31.9 Å². The Labute approximate surface area is 186 Å². The second kappa shape index (κ2) is 8.62. The zero-order valence-corrected chi connectivity index (χ0v) is 18.8. The molecule has 1 aliphatic rings. The molecule has 3 aromatic rings. The van der Waals surface area contributed by atoms with Crippen molar-refractivity contribution >= 4 is 35.2 Å². The van der Waals surface area contributed by atoms with Crippen molar-refractivity contribution in [2.24, 2.45) is 4.99 Å². The average Bonchev–Trinajstić information content (AvgIpc) is 2.74. The van der Waals surface area contributed by atoms with Gasteiger partial charge >= 0.3 is 0 Å². The third-order valence-corrected chi connectivity index (χ3v) is 5.95. The summed E-state index contributed by atoms with van der Waals surface area (Å²) in [4.78, 5) is 5.74. The van der Waals surface area contributed by atoms with Gasteiger partial charge in [0.15, 0.2) is 5.75 Å². The van der Waals surface area contributed by atoms with Gasteiger partial charge in [-0.25, -0.2) is 4.99 Å². The average molecular weight is 438 g/mol. The Bertz CT molecular complexity index is 1070. The molecule has 6 heteroatoms. The number of guanidine groups is 1. The number of nitrogens with one attached hydrogen (secondary N) is 2. The summed E-state index contributed by atoms with van der Waals surface area (Å²) in [5.74, 6) is 2.02. The number of para-hydroxylation sites is 2. The van der Waals surface area contributed by atoms with Crippen molar-refractivity contribution in [1.29, 1.82) is 0 Å². The maximum Gasteiger partial charge on any atom is 0.206 e. The molecule has 0 atom stereocenters. The lowest BCUT2D eigenvalue weighted by Gasteiger charge is -2.23. The zero-order valence-electron chi connectivity index (χ0n) is 17.2. The molecule has 4 rings (SSSR count). The molecule has 0 spiro atoms. The molecule has 1 aliphatic heterocycles. The predicted molar refractivity (Wildman–Crippen MR) is 127 cm³/mol. The lowest BCUT2D eigenvalue weighted by Crippen LogP contribution is -2.29. The number of aliphatic imine (C=N–C) groups is 1. The summed E-state index contributed by atoms with van der Waals surface area (Å²) in [6, 6.07) is 22.0. The van der Waals surface area contributed by atoms with E-state index < -0.39 is 0 Å². The molecule has 30 heavy (non-hydrogen) atoms. The van der Waals surface area contributed by atoms with Crippen LogP contribution in [0.4, 0.5) is 5.69 Å². The number of halogens is 1. The van der Waals surface area contributed by atoms with Crippen LogP contribution in [-0.2, 0) is 12.0 Å². The second-order valence-electron chi connectivity index (χ2n) is 8.10. The highest BCUT2D eigenvalue weighted by Crippen LogP contribution is 2.40. The number of rotatable bonds is 4. The number of hydrogen-bond donors (Lipinski definition) is 2. The van der Waals surface area contributed by atoms with Crippen LogP contribution in [0.2, 0.25) is 5.02 Å². The van der Waals surface area contributed by atoms with E-state index in [-0.39, 0.29) is 5.41 Å². The van der Waals surface area contributed by atoms with Crippen LogP contribution in [0.25, 0.3) is 0 Å². The Morgan fingerprint density at radius 3 is 2.40 bits per heavy atom. The summed E-state index contributed by atoms with van der Waals surface area (Å²) in [7, 11) is 0. The molecule has 154 valence electrons. The number of hydrogen-bond acceptors (Lipinski definition) is 3. The van der Waals surface area contributed by atoms with Crippen molar-refractivity contribution in [1.82, 2.24) is 4.72 Å². The molecule has 0 aliphatic carbocycles. The first-order chi connectivity index (χ1) is 14.4. The van der Waals surface area contributed by atoms with Gasteiger partial charge in [0, 0.05) is 0 Å². The predicted octanol–water partition coefficient (Wildman–Crippen LogP) is 7.01. The molecule has 1 heterocycles. The van der Waals surface area contributed by atoms with Gasteiger partial charge in [0.25, 0.3) is 0 Å². The summed E-state index contributed by atoms with van der Waals surface area (Å²) >= 11 is 7.77. The molecule has 4 nitrogen and oxygen atoms in total. The first-order valence-corrected chi connectivity index (χ1v) is 11.0. The van der Waals surface area contributed by atoms with E-state index in [0.717, 1.165) is 16.1 Å². The lowest BCUT2D eigenvalue weighted by atomic mass is 9.87. The molecule has 0 bridgehead atoms. The number of fused-ring (bicyclic) bond motifs is 1. The largest absolute Gasteiger partial charge is 0.454 e. The van der Waals surface area contributed by atoms with Gasteiger partial charge in [0.2, 0.25) is 5.96 Å². The minimum atomic E-state index is 0.148. The van der Waals surface area contributed by atoms with E-state index in [0.29, 0.717) is 29.0 Å². The van der Waals surface area contributed by atoms with Crippen molar-refractivity contribution in [2.75, 3.05) is 5.32 Å². The van der Waals surface area contributed by atoms with Crippen molar-refractivity contribution in [3.8, 4) is 11.5 Å². The molecule has 0 radical (unpaired) electrons. The fourth-order valence-electron chi connectivity index (χ4n) is 3.05. The first kappa shape index (κ1) is 20.6. The summed E-state index contributed by atoms with van der Waals surface area (Å²) in [5.41, 5.74) is 3.51. The van der Waals surface area contributed by atoms with E-state index in [1.165, 1.54) is 17.5 Å². The summed E-state index contributed by atoms with van der Waals surface area (Å²) in [5, 5.41) is 3.93. The number of ether oxygens (including phenoxy) is 1. The maximum absolute atomic E-state index is 6.26. The van der Waals surface area contributed by atoms with Crippen LogP contribution in [-0.4, -0.2) is 5.96 Å². The number of anilines is 1. The summed E-state index contributed by atoms with van der Waals surface area (Å²) in [6.45, 7) is 7.24. The second-order valence-corrected chi connectivity index (χ2v) is 9.36. The molecule has 0 aromatic heterocycles. The van der Waals surface area contributed by atoms with E-state index >= 15 is 0 Å². The van der Waals surface area contributed by atoms with Gasteiger partial charge in [-0.1, -0.05) is 74.8 Å². The Morgan fingerprint density at radius 1 is 0.933 bits per heavy atom. The van der Waals surface area contributed by atoms with Crippen LogP contribution in [0.15, 0.2) is 76.6 Å². The summed E-state index contributed by atoms with van der Waals surface area (Å²) in [6.07, 6.45) is 0. The molecule has 0 saturated carbocycles. The van der Waals surface area contributed by atoms with Gasteiger partial charge in [0.05, 0.1) is 22.2 Å². The van der Waals surface area contributed by atoms with Crippen molar-refractivity contribution in [2.45, 2.75) is 37.6 Å².